The Morgan fingerprint density at radius 3 is 2.22 bits per heavy atom. The van der Waals surface area contributed by atoms with Crippen LogP contribution in [0.1, 0.15) is 62.7 Å². The number of hydrogen-bond donors (Lipinski definition) is 1. The van der Waals surface area contributed by atoms with E-state index in [0.29, 0.717) is 18.0 Å². The number of nitrogens with one attached hydrogen (secondary N) is 1. The van der Waals surface area contributed by atoms with Gasteiger partial charge in [0, 0.05) is 23.5 Å². The summed E-state index contributed by atoms with van der Waals surface area (Å²) in [5, 5.41) is 3.74. The predicted molar refractivity (Wildman–Crippen MR) is 78.9 cm³/mol. The second kappa shape index (κ2) is 6.33. The third-order valence-corrected chi connectivity index (χ3v) is 3.73. The highest BCUT2D eigenvalue weighted by molar-refractivity contribution is 5.33. The first-order chi connectivity index (χ1) is 8.36. The zero-order valence-corrected chi connectivity index (χ0v) is 13.0. The minimum Gasteiger partial charge on any atom is -0.307 e. The summed E-state index contributed by atoms with van der Waals surface area (Å²) in [5.41, 5.74) is 4.97. The van der Waals surface area contributed by atoms with Crippen LogP contribution in [-0.2, 0) is 0 Å². The Hall–Kier alpha value is -0.890. The van der Waals surface area contributed by atoms with Crippen LogP contribution in [0.2, 0.25) is 0 Å². The summed E-state index contributed by atoms with van der Waals surface area (Å²) < 4.78 is 0. The molecule has 0 amide bonds. The molecule has 0 aliphatic carbocycles. The summed E-state index contributed by atoms with van der Waals surface area (Å²) in [5.74, 6) is 0.663. The lowest BCUT2D eigenvalue weighted by Crippen LogP contribution is -2.35. The molecular weight excluding hydrogens is 220 g/mol. The molecule has 1 aromatic rings. The Morgan fingerprint density at radius 2 is 1.78 bits per heavy atom. The Balaban J connectivity index is 2.94. The average Bonchev–Trinajstić information content (AvgIpc) is 2.23. The van der Waals surface area contributed by atoms with E-state index in [1.54, 1.807) is 0 Å². The van der Waals surface area contributed by atoms with E-state index in [-0.39, 0.29) is 0 Å². The van der Waals surface area contributed by atoms with Gasteiger partial charge in [-0.1, -0.05) is 20.8 Å². The predicted octanol–water partition coefficient (Wildman–Crippen LogP) is 4.09. The van der Waals surface area contributed by atoms with Crippen molar-refractivity contribution >= 4 is 0 Å². The Morgan fingerprint density at radius 1 is 1.17 bits per heavy atom. The van der Waals surface area contributed by atoms with Gasteiger partial charge in [-0.25, -0.2) is 0 Å². The average molecular weight is 248 g/mol. The molecule has 2 unspecified atom stereocenters. The van der Waals surface area contributed by atoms with Crippen molar-refractivity contribution in [3.63, 3.8) is 0 Å². The van der Waals surface area contributed by atoms with Gasteiger partial charge in [-0.15, -0.1) is 0 Å². The summed E-state index contributed by atoms with van der Waals surface area (Å²) in [6, 6.07) is 3.11. The molecule has 2 atom stereocenters. The van der Waals surface area contributed by atoms with Crippen LogP contribution < -0.4 is 5.32 Å². The highest BCUT2D eigenvalue weighted by atomic mass is 15.0. The van der Waals surface area contributed by atoms with E-state index in [1.165, 1.54) is 17.5 Å². The Bertz CT molecular complexity index is 373. The second-order valence-electron chi connectivity index (χ2n) is 5.73. The third-order valence-electron chi connectivity index (χ3n) is 3.73. The standard InChI is InChI=1S/C16H28N2/c1-8-15(10(2)3)18-14(7)16-11(4)9-12(5)17-13(16)6/h9-10,14-15,18H,8H2,1-7H3. The van der Waals surface area contributed by atoms with Gasteiger partial charge in [-0.2, -0.15) is 0 Å². The van der Waals surface area contributed by atoms with Crippen molar-refractivity contribution in [3.05, 3.63) is 28.6 Å². The molecule has 1 heterocycles. The van der Waals surface area contributed by atoms with E-state index >= 15 is 0 Å². The van der Waals surface area contributed by atoms with Crippen molar-refractivity contribution in [2.75, 3.05) is 0 Å². The maximum absolute atomic E-state index is 4.59. The fourth-order valence-electron chi connectivity index (χ4n) is 2.87. The van der Waals surface area contributed by atoms with Gasteiger partial charge in [0.2, 0.25) is 0 Å². The molecule has 1 aromatic heterocycles. The Labute approximate surface area is 112 Å². The smallest absolute Gasteiger partial charge is 0.0426 e. The molecule has 2 nitrogen and oxygen atoms in total. The zero-order chi connectivity index (χ0) is 13.9. The molecule has 18 heavy (non-hydrogen) atoms. The monoisotopic (exact) mass is 248 g/mol. The number of aryl methyl sites for hydroxylation is 3. The van der Waals surface area contributed by atoms with Gasteiger partial charge in [0.05, 0.1) is 0 Å². The van der Waals surface area contributed by atoms with E-state index in [4.69, 9.17) is 0 Å². The maximum Gasteiger partial charge on any atom is 0.0426 e. The van der Waals surface area contributed by atoms with E-state index < -0.39 is 0 Å². The molecule has 0 saturated heterocycles. The normalized spacial score (nSPS) is 14.9. The van der Waals surface area contributed by atoms with Crippen LogP contribution in [0.25, 0.3) is 0 Å². The van der Waals surface area contributed by atoms with Crippen LogP contribution in [0, 0.1) is 26.7 Å². The van der Waals surface area contributed by atoms with Crippen LogP contribution in [0.3, 0.4) is 0 Å². The summed E-state index contributed by atoms with van der Waals surface area (Å²) in [6.45, 7) is 15.4. The largest absolute Gasteiger partial charge is 0.307 e. The lowest BCUT2D eigenvalue weighted by Gasteiger charge is -2.27. The van der Waals surface area contributed by atoms with Gasteiger partial charge >= 0.3 is 0 Å². The van der Waals surface area contributed by atoms with E-state index in [9.17, 15) is 0 Å². The van der Waals surface area contributed by atoms with Gasteiger partial charge < -0.3 is 5.32 Å². The second-order valence-corrected chi connectivity index (χ2v) is 5.73. The first-order valence-corrected chi connectivity index (χ1v) is 7.07. The van der Waals surface area contributed by atoms with Gasteiger partial charge in [0.25, 0.3) is 0 Å². The fraction of sp³-hybridized carbons (Fsp3) is 0.688. The highest BCUT2D eigenvalue weighted by Crippen LogP contribution is 2.23. The first-order valence-electron chi connectivity index (χ1n) is 7.07. The van der Waals surface area contributed by atoms with Crippen LogP contribution in [0.15, 0.2) is 6.07 Å². The fourth-order valence-corrected chi connectivity index (χ4v) is 2.87. The number of aromatic nitrogens is 1. The quantitative estimate of drug-likeness (QED) is 0.849. The van der Waals surface area contributed by atoms with E-state index in [2.05, 4.69) is 64.8 Å². The summed E-state index contributed by atoms with van der Waals surface area (Å²) in [4.78, 5) is 4.59. The number of pyridine rings is 1. The summed E-state index contributed by atoms with van der Waals surface area (Å²) >= 11 is 0. The Kier molecular flexibility index (Phi) is 5.33. The molecule has 102 valence electrons. The van der Waals surface area contributed by atoms with Gasteiger partial charge in [-0.3, -0.25) is 4.98 Å². The van der Waals surface area contributed by atoms with Gasteiger partial charge in [-0.05, 0) is 57.2 Å². The van der Waals surface area contributed by atoms with Gasteiger partial charge in [0.15, 0.2) is 0 Å². The van der Waals surface area contributed by atoms with Crippen LogP contribution >= 0.6 is 0 Å². The van der Waals surface area contributed by atoms with Crippen molar-refractivity contribution in [2.45, 2.75) is 67.0 Å². The third kappa shape index (κ3) is 3.55. The molecule has 0 spiro atoms. The summed E-state index contributed by atoms with van der Waals surface area (Å²) in [6.07, 6.45) is 1.17. The van der Waals surface area contributed by atoms with Crippen molar-refractivity contribution in [3.8, 4) is 0 Å². The minimum atomic E-state index is 0.366. The SMILES string of the molecule is CCC(NC(C)c1c(C)cc(C)nc1C)C(C)C. The molecule has 0 bridgehead atoms. The number of rotatable bonds is 5. The zero-order valence-electron chi connectivity index (χ0n) is 13.0. The molecule has 1 rings (SSSR count). The maximum atomic E-state index is 4.59. The van der Waals surface area contributed by atoms with Gasteiger partial charge in [0.1, 0.15) is 0 Å². The molecule has 0 saturated carbocycles. The molecule has 1 N–H and O–H groups in total. The molecule has 0 fully saturated rings. The summed E-state index contributed by atoms with van der Waals surface area (Å²) in [7, 11) is 0. The van der Waals surface area contributed by atoms with Crippen molar-refractivity contribution in [2.24, 2.45) is 5.92 Å². The van der Waals surface area contributed by atoms with E-state index in [1.807, 2.05) is 0 Å². The van der Waals surface area contributed by atoms with Crippen LogP contribution in [0.5, 0.6) is 0 Å². The van der Waals surface area contributed by atoms with Crippen molar-refractivity contribution in [1.82, 2.24) is 10.3 Å². The lowest BCUT2D eigenvalue weighted by atomic mass is 9.96. The molecule has 0 radical (unpaired) electrons. The molecule has 0 aromatic carbocycles. The molecule has 0 aliphatic rings. The highest BCUT2D eigenvalue weighted by Gasteiger charge is 2.18. The molecule has 2 heteroatoms. The number of hydrogen-bond acceptors (Lipinski definition) is 2. The first kappa shape index (κ1) is 15.2. The minimum absolute atomic E-state index is 0.366. The lowest BCUT2D eigenvalue weighted by molar-refractivity contribution is 0.354. The number of nitrogens with zero attached hydrogens (tertiary/aromatic N) is 1. The van der Waals surface area contributed by atoms with Crippen molar-refractivity contribution < 1.29 is 0 Å². The van der Waals surface area contributed by atoms with E-state index in [0.717, 1.165) is 11.4 Å². The molecular formula is C16H28N2. The molecule has 0 aliphatic heterocycles. The van der Waals surface area contributed by atoms with Crippen molar-refractivity contribution in [1.29, 1.82) is 0 Å². The van der Waals surface area contributed by atoms with Crippen LogP contribution in [-0.4, -0.2) is 11.0 Å². The van der Waals surface area contributed by atoms with Crippen LogP contribution in [0.4, 0.5) is 0 Å². The topological polar surface area (TPSA) is 24.9 Å².